The van der Waals surface area contributed by atoms with Gasteiger partial charge >= 0.3 is 11.9 Å². The van der Waals surface area contributed by atoms with Crippen molar-refractivity contribution >= 4 is 11.9 Å². The Balaban J connectivity index is 1.83. The van der Waals surface area contributed by atoms with Crippen LogP contribution in [0.1, 0.15) is 25.3 Å². The van der Waals surface area contributed by atoms with Crippen molar-refractivity contribution in [3.8, 4) is 0 Å². The summed E-state index contributed by atoms with van der Waals surface area (Å²) < 4.78 is 4.70. The van der Waals surface area contributed by atoms with Gasteiger partial charge in [0.2, 0.25) is 0 Å². The highest BCUT2D eigenvalue weighted by atomic mass is 16.5. The topological polar surface area (TPSA) is 58.6 Å². The monoisotopic (exact) mass is 290 g/mol. The van der Waals surface area contributed by atoms with Crippen LogP contribution in [-0.4, -0.2) is 42.5 Å². The molecule has 1 N–H and O–H groups in total. The lowest BCUT2D eigenvalue weighted by Crippen LogP contribution is -2.49. The molecule has 1 atom stereocenters. The molecule has 1 aliphatic heterocycles. The molecule has 1 aliphatic rings. The first-order chi connectivity index (χ1) is 10.2. The Morgan fingerprint density at radius 3 is 2.81 bits per heavy atom. The molecule has 1 aromatic carbocycles. The average molecular weight is 290 g/mol. The molecule has 1 heterocycles. The van der Waals surface area contributed by atoms with Crippen molar-refractivity contribution in [3.63, 3.8) is 0 Å². The summed E-state index contributed by atoms with van der Waals surface area (Å²) in [5.74, 6) is -1.43. The van der Waals surface area contributed by atoms with Crippen LogP contribution in [0.15, 0.2) is 30.3 Å². The Morgan fingerprint density at radius 2 is 2.10 bits per heavy atom. The number of nitrogens with zero attached hydrogens (tertiary/aromatic N) is 1. The van der Waals surface area contributed by atoms with Gasteiger partial charge in [-0.2, -0.15) is 0 Å². The van der Waals surface area contributed by atoms with Crippen LogP contribution in [0.3, 0.4) is 0 Å². The van der Waals surface area contributed by atoms with E-state index in [1.807, 2.05) is 18.2 Å². The summed E-state index contributed by atoms with van der Waals surface area (Å²) in [6.07, 6.45) is 1.91. The van der Waals surface area contributed by atoms with Crippen LogP contribution in [0.25, 0.3) is 0 Å². The molecule has 114 valence electrons. The maximum Gasteiger partial charge on any atom is 0.396 e. The quantitative estimate of drug-likeness (QED) is 0.671. The summed E-state index contributed by atoms with van der Waals surface area (Å²) in [5, 5.41) is 2.76. The zero-order chi connectivity index (χ0) is 15.1. The minimum absolute atomic E-state index is 0.0133. The lowest BCUT2D eigenvalue weighted by Gasteiger charge is -2.32. The third-order valence-corrected chi connectivity index (χ3v) is 3.55. The fraction of sp³-hybridized carbons (Fsp3) is 0.500. The summed E-state index contributed by atoms with van der Waals surface area (Å²) in [4.78, 5) is 25.3. The van der Waals surface area contributed by atoms with Gasteiger partial charge in [-0.25, -0.2) is 4.79 Å². The van der Waals surface area contributed by atoms with Gasteiger partial charge in [-0.3, -0.25) is 9.69 Å². The van der Waals surface area contributed by atoms with Gasteiger partial charge < -0.3 is 10.1 Å². The van der Waals surface area contributed by atoms with Crippen molar-refractivity contribution in [1.29, 1.82) is 0 Å². The number of benzene rings is 1. The third kappa shape index (κ3) is 4.86. The summed E-state index contributed by atoms with van der Waals surface area (Å²) in [5.41, 5.74) is 1.26. The van der Waals surface area contributed by atoms with Crippen molar-refractivity contribution in [1.82, 2.24) is 10.2 Å². The summed E-state index contributed by atoms with van der Waals surface area (Å²) in [7, 11) is 0. The first kappa shape index (κ1) is 15.5. The molecule has 0 spiro atoms. The van der Waals surface area contributed by atoms with Crippen LogP contribution >= 0.6 is 0 Å². The maximum absolute atomic E-state index is 11.7. The van der Waals surface area contributed by atoms with Crippen LogP contribution < -0.4 is 5.32 Å². The Hall–Kier alpha value is -1.88. The standard InChI is InChI=1S/C16H22N2O3/c1-2-21-16(20)15(19)17-14-9-6-10-18(12-14)11-13-7-4-3-5-8-13/h3-5,7-8,14H,2,6,9-12H2,1H3,(H,17,19). The van der Waals surface area contributed by atoms with Crippen LogP contribution in [-0.2, 0) is 20.9 Å². The Labute approximate surface area is 125 Å². The third-order valence-electron chi connectivity index (χ3n) is 3.55. The van der Waals surface area contributed by atoms with E-state index >= 15 is 0 Å². The van der Waals surface area contributed by atoms with Crippen molar-refractivity contribution in [2.45, 2.75) is 32.4 Å². The number of hydrogen-bond acceptors (Lipinski definition) is 4. The molecule has 2 rings (SSSR count). The van der Waals surface area contributed by atoms with E-state index in [9.17, 15) is 9.59 Å². The van der Waals surface area contributed by atoms with Gasteiger partial charge in [-0.15, -0.1) is 0 Å². The number of esters is 1. The van der Waals surface area contributed by atoms with Gasteiger partial charge in [0.1, 0.15) is 0 Å². The van der Waals surface area contributed by atoms with E-state index in [2.05, 4.69) is 22.3 Å². The first-order valence-corrected chi connectivity index (χ1v) is 7.43. The second-order valence-electron chi connectivity index (χ2n) is 5.25. The molecule has 21 heavy (non-hydrogen) atoms. The molecule has 0 aromatic heterocycles. The number of amides is 1. The van der Waals surface area contributed by atoms with Crippen molar-refractivity contribution in [3.05, 3.63) is 35.9 Å². The number of carbonyl (C=O) groups excluding carboxylic acids is 2. The van der Waals surface area contributed by atoms with Gasteiger partial charge in [0.15, 0.2) is 0 Å². The number of likely N-dealkylation sites (tertiary alicyclic amines) is 1. The molecule has 0 aliphatic carbocycles. The molecule has 1 amide bonds. The van der Waals surface area contributed by atoms with Gasteiger partial charge in [-0.05, 0) is 31.9 Å². The molecule has 0 radical (unpaired) electrons. The fourth-order valence-electron chi connectivity index (χ4n) is 2.60. The maximum atomic E-state index is 11.7. The van der Waals surface area contributed by atoms with Crippen LogP contribution in [0, 0.1) is 0 Å². The Kier molecular flexibility index (Phi) is 5.75. The number of piperidine rings is 1. The molecule has 5 nitrogen and oxygen atoms in total. The summed E-state index contributed by atoms with van der Waals surface area (Å²) in [6.45, 7) is 4.55. The zero-order valence-electron chi connectivity index (χ0n) is 12.4. The number of ether oxygens (including phenoxy) is 1. The largest absolute Gasteiger partial charge is 0.459 e. The van der Waals surface area contributed by atoms with E-state index < -0.39 is 11.9 Å². The van der Waals surface area contributed by atoms with E-state index in [1.165, 1.54) is 5.56 Å². The van der Waals surface area contributed by atoms with E-state index in [-0.39, 0.29) is 12.6 Å². The molecule has 0 bridgehead atoms. The van der Waals surface area contributed by atoms with Crippen LogP contribution in [0.4, 0.5) is 0 Å². The van der Waals surface area contributed by atoms with Crippen molar-refractivity contribution in [2.75, 3.05) is 19.7 Å². The van der Waals surface area contributed by atoms with E-state index in [1.54, 1.807) is 6.92 Å². The molecule has 0 saturated carbocycles. The zero-order valence-corrected chi connectivity index (χ0v) is 12.4. The highest BCUT2D eigenvalue weighted by molar-refractivity contribution is 6.32. The number of nitrogens with one attached hydrogen (secondary N) is 1. The molecular weight excluding hydrogens is 268 g/mol. The van der Waals surface area contributed by atoms with Gasteiger partial charge in [0, 0.05) is 19.1 Å². The lowest BCUT2D eigenvalue weighted by atomic mass is 10.0. The highest BCUT2D eigenvalue weighted by Crippen LogP contribution is 2.13. The molecule has 1 saturated heterocycles. The number of rotatable bonds is 4. The van der Waals surface area contributed by atoms with Crippen molar-refractivity contribution in [2.24, 2.45) is 0 Å². The minimum Gasteiger partial charge on any atom is -0.459 e. The van der Waals surface area contributed by atoms with Crippen LogP contribution in [0.5, 0.6) is 0 Å². The summed E-state index contributed by atoms with van der Waals surface area (Å²) >= 11 is 0. The molecule has 5 heteroatoms. The molecule has 1 aromatic rings. The Bertz CT molecular complexity index is 476. The second kappa shape index (κ2) is 7.78. The SMILES string of the molecule is CCOC(=O)C(=O)NC1CCCN(Cc2ccccc2)C1. The van der Waals surface area contributed by atoms with Crippen LogP contribution in [0.2, 0.25) is 0 Å². The first-order valence-electron chi connectivity index (χ1n) is 7.43. The van der Waals surface area contributed by atoms with Gasteiger partial charge in [0.25, 0.3) is 0 Å². The predicted octanol–water partition coefficient (Wildman–Crippen LogP) is 1.33. The van der Waals surface area contributed by atoms with Gasteiger partial charge in [0.05, 0.1) is 6.61 Å². The Morgan fingerprint density at radius 1 is 1.33 bits per heavy atom. The molecule has 1 fully saturated rings. The van der Waals surface area contributed by atoms with E-state index in [0.717, 1.165) is 32.5 Å². The normalized spacial score (nSPS) is 19.0. The van der Waals surface area contributed by atoms with Gasteiger partial charge in [-0.1, -0.05) is 30.3 Å². The second-order valence-corrected chi connectivity index (χ2v) is 5.25. The molecular formula is C16H22N2O3. The fourth-order valence-corrected chi connectivity index (χ4v) is 2.60. The van der Waals surface area contributed by atoms with E-state index in [0.29, 0.717) is 0 Å². The summed E-state index contributed by atoms with van der Waals surface area (Å²) in [6, 6.07) is 10.3. The highest BCUT2D eigenvalue weighted by Gasteiger charge is 2.24. The van der Waals surface area contributed by atoms with Crippen molar-refractivity contribution < 1.29 is 14.3 Å². The number of hydrogen-bond donors (Lipinski definition) is 1. The predicted molar refractivity (Wildman–Crippen MR) is 79.5 cm³/mol. The van der Waals surface area contributed by atoms with E-state index in [4.69, 9.17) is 4.74 Å². The molecule has 1 unspecified atom stereocenters. The smallest absolute Gasteiger partial charge is 0.396 e. The minimum atomic E-state index is -0.794. The average Bonchev–Trinajstić information content (AvgIpc) is 2.49. The number of carbonyl (C=O) groups is 2. The lowest BCUT2D eigenvalue weighted by molar-refractivity contribution is -0.155.